The van der Waals surface area contributed by atoms with E-state index >= 15 is 0 Å². The van der Waals surface area contributed by atoms with Gasteiger partial charge in [-0.3, -0.25) is 9.59 Å². The number of nitrogens with one attached hydrogen (secondary N) is 2. The molecule has 0 radical (unpaired) electrons. The van der Waals surface area contributed by atoms with Crippen LogP contribution in [0.4, 0.5) is 11.4 Å². The zero-order chi connectivity index (χ0) is 24.4. The van der Waals surface area contributed by atoms with Crippen molar-refractivity contribution in [3.8, 4) is 5.75 Å². The first-order valence-electron chi connectivity index (χ1n) is 11.8. The Morgan fingerprint density at radius 3 is 2.49 bits per heavy atom. The summed E-state index contributed by atoms with van der Waals surface area (Å²) in [5.41, 5.74) is 5.14. The number of methoxy groups -OCH3 is 1. The maximum Gasteiger partial charge on any atom is 0.316 e. The number of ketones is 1. The molecule has 0 bridgehead atoms. The number of esters is 1. The van der Waals surface area contributed by atoms with E-state index in [0.29, 0.717) is 24.4 Å². The van der Waals surface area contributed by atoms with Crippen LogP contribution in [0.1, 0.15) is 30.5 Å². The molecule has 0 saturated heterocycles. The van der Waals surface area contributed by atoms with E-state index in [1.54, 1.807) is 0 Å². The molecule has 0 spiro atoms. The van der Waals surface area contributed by atoms with Crippen molar-refractivity contribution in [1.82, 2.24) is 0 Å². The molecular weight excluding hydrogens is 440 g/mol. The number of benzene rings is 3. The van der Waals surface area contributed by atoms with Gasteiger partial charge in [-0.25, -0.2) is 0 Å². The molecule has 3 aromatic carbocycles. The molecule has 3 aromatic rings. The average molecular weight is 469 g/mol. The normalized spacial score (nSPS) is 21.1. The number of allylic oxidation sites excluding steroid dienone is 1. The lowest BCUT2D eigenvalue weighted by atomic mass is 9.75. The Bertz CT molecular complexity index is 1280. The SMILES string of the molecule is COC(=O)[C@H]1C(=O)C2=C(C[C@@H]1C)Nc1ccccc1N[C@@H]2c1cccc(OCc2ccccc2)c1. The van der Waals surface area contributed by atoms with Crippen LogP contribution in [0, 0.1) is 11.8 Å². The first kappa shape index (κ1) is 22.7. The summed E-state index contributed by atoms with van der Waals surface area (Å²) in [6.07, 6.45) is 0.567. The van der Waals surface area contributed by atoms with Gasteiger partial charge in [0.2, 0.25) is 0 Å². The van der Waals surface area contributed by atoms with Crippen LogP contribution < -0.4 is 15.4 Å². The van der Waals surface area contributed by atoms with Gasteiger partial charge in [-0.05, 0) is 47.7 Å². The minimum atomic E-state index is -0.830. The third kappa shape index (κ3) is 4.52. The van der Waals surface area contributed by atoms with E-state index in [-0.39, 0.29) is 11.7 Å². The predicted molar refractivity (Wildman–Crippen MR) is 135 cm³/mol. The number of anilines is 2. The summed E-state index contributed by atoms with van der Waals surface area (Å²) in [6, 6.07) is 25.2. The summed E-state index contributed by atoms with van der Waals surface area (Å²) >= 11 is 0. The highest BCUT2D eigenvalue weighted by Crippen LogP contribution is 2.44. The molecule has 1 heterocycles. The number of Topliss-reactive ketones (excluding diaryl/α,β-unsaturated/α-hetero) is 1. The maximum atomic E-state index is 13.8. The van der Waals surface area contributed by atoms with Gasteiger partial charge in [0.15, 0.2) is 5.78 Å². The third-order valence-electron chi connectivity index (χ3n) is 6.66. The molecule has 3 atom stereocenters. The molecule has 0 unspecified atom stereocenters. The largest absolute Gasteiger partial charge is 0.489 e. The van der Waals surface area contributed by atoms with E-state index in [1.165, 1.54) is 7.11 Å². The predicted octanol–water partition coefficient (Wildman–Crippen LogP) is 5.50. The number of hydrogen-bond donors (Lipinski definition) is 2. The smallest absolute Gasteiger partial charge is 0.316 e. The van der Waals surface area contributed by atoms with Crippen LogP contribution in [0.3, 0.4) is 0 Å². The summed E-state index contributed by atoms with van der Waals surface area (Å²) in [5, 5.41) is 7.02. The summed E-state index contributed by atoms with van der Waals surface area (Å²) in [4.78, 5) is 26.3. The molecular formula is C29H28N2O4. The van der Waals surface area contributed by atoms with Gasteiger partial charge in [-0.15, -0.1) is 0 Å². The average Bonchev–Trinajstić information content (AvgIpc) is 3.05. The molecule has 6 heteroatoms. The fourth-order valence-corrected chi connectivity index (χ4v) is 4.91. The van der Waals surface area contributed by atoms with Gasteiger partial charge < -0.3 is 20.1 Å². The highest BCUT2D eigenvalue weighted by atomic mass is 16.5. The molecule has 2 N–H and O–H groups in total. The van der Waals surface area contributed by atoms with E-state index in [0.717, 1.165) is 28.2 Å². The molecule has 0 amide bonds. The number of para-hydroxylation sites is 2. The van der Waals surface area contributed by atoms with Crippen molar-refractivity contribution in [3.05, 3.63) is 101 Å². The van der Waals surface area contributed by atoms with Crippen molar-refractivity contribution in [2.45, 2.75) is 26.0 Å². The second kappa shape index (κ2) is 9.66. The zero-order valence-corrected chi connectivity index (χ0v) is 19.8. The quantitative estimate of drug-likeness (QED) is 0.381. The van der Waals surface area contributed by atoms with Gasteiger partial charge in [0.25, 0.3) is 0 Å². The zero-order valence-electron chi connectivity index (χ0n) is 19.8. The number of ether oxygens (including phenoxy) is 2. The maximum absolute atomic E-state index is 13.8. The molecule has 0 aromatic heterocycles. The Hall–Kier alpha value is -4.06. The monoisotopic (exact) mass is 468 g/mol. The summed E-state index contributed by atoms with van der Waals surface area (Å²) < 4.78 is 11.1. The van der Waals surface area contributed by atoms with E-state index in [4.69, 9.17) is 9.47 Å². The molecule has 6 nitrogen and oxygen atoms in total. The van der Waals surface area contributed by atoms with E-state index in [2.05, 4.69) is 10.6 Å². The van der Waals surface area contributed by atoms with Gasteiger partial charge in [-0.2, -0.15) is 0 Å². The Morgan fingerprint density at radius 1 is 0.971 bits per heavy atom. The summed E-state index contributed by atoms with van der Waals surface area (Å²) in [6.45, 7) is 2.36. The first-order valence-corrected chi connectivity index (χ1v) is 11.8. The number of fused-ring (bicyclic) bond motifs is 1. The van der Waals surface area contributed by atoms with Crippen molar-refractivity contribution in [1.29, 1.82) is 0 Å². The minimum Gasteiger partial charge on any atom is -0.489 e. The molecule has 1 aliphatic heterocycles. The standard InChI is InChI=1S/C29H28N2O4/c1-18-15-24-26(28(32)25(18)29(33)34-2)27(31-23-14-7-6-13-22(23)30-24)20-11-8-12-21(16-20)35-17-19-9-4-3-5-10-19/h3-14,16,18,25,27,30-31H,15,17H2,1-2H3/t18-,25+,27+/m0/s1. The Kier molecular flexibility index (Phi) is 6.27. The highest BCUT2D eigenvalue weighted by Gasteiger charge is 2.44. The van der Waals surface area contributed by atoms with Crippen LogP contribution in [-0.2, 0) is 20.9 Å². The van der Waals surface area contributed by atoms with Crippen molar-refractivity contribution < 1.29 is 19.1 Å². The van der Waals surface area contributed by atoms with Crippen LogP contribution >= 0.6 is 0 Å². The van der Waals surface area contributed by atoms with Crippen LogP contribution in [0.15, 0.2) is 90.1 Å². The van der Waals surface area contributed by atoms with Crippen molar-refractivity contribution >= 4 is 23.1 Å². The third-order valence-corrected chi connectivity index (χ3v) is 6.66. The lowest BCUT2D eigenvalue weighted by molar-refractivity contribution is -0.151. The molecule has 5 rings (SSSR count). The fraction of sp³-hybridized carbons (Fsp3) is 0.241. The topological polar surface area (TPSA) is 76.7 Å². The first-order chi connectivity index (χ1) is 17.0. The van der Waals surface area contributed by atoms with E-state index < -0.39 is 17.9 Å². The summed E-state index contributed by atoms with van der Waals surface area (Å²) in [5.74, 6) is -0.994. The lowest BCUT2D eigenvalue weighted by Gasteiger charge is -2.32. The second-order valence-electron chi connectivity index (χ2n) is 9.03. The van der Waals surface area contributed by atoms with Crippen molar-refractivity contribution in [2.75, 3.05) is 17.7 Å². The molecule has 1 aliphatic carbocycles. The van der Waals surface area contributed by atoms with Gasteiger partial charge in [0, 0.05) is 11.3 Å². The van der Waals surface area contributed by atoms with Gasteiger partial charge in [0.1, 0.15) is 18.3 Å². The van der Waals surface area contributed by atoms with Crippen LogP contribution in [0.2, 0.25) is 0 Å². The highest BCUT2D eigenvalue weighted by molar-refractivity contribution is 6.11. The molecule has 2 aliphatic rings. The second-order valence-corrected chi connectivity index (χ2v) is 9.03. The number of hydrogen-bond acceptors (Lipinski definition) is 6. The fourth-order valence-electron chi connectivity index (χ4n) is 4.91. The Balaban J connectivity index is 1.54. The van der Waals surface area contributed by atoms with Crippen molar-refractivity contribution in [3.63, 3.8) is 0 Å². The molecule has 178 valence electrons. The number of carbonyl (C=O) groups excluding carboxylic acids is 2. The van der Waals surface area contributed by atoms with Crippen molar-refractivity contribution in [2.24, 2.45) is 11.8 Å². The number of carbonyl (C=O) groups is 2. The lowest BCUT2D eigenvalue weighted by Crippen LogP contribution is -2.39. The molecule has 0 saturated carbocycles. The van der Waals surface area contributed by atoms with Crippen LogP contribution in [0.5, 0.6) is 5.75 Å². The Labute approximate surface area is 205 Å². The molecule has 35 heavy (non-hydrogen) atoms. The molecule has 0 fully saturated rings. The van der Waals surface area contributed by atoms with Gasteiger partial charge >= 0.3 is 5.97 Å². The van der Waals surface area contributed by atoms with Gasteiger partial charge in [0.05, 0.1) is 24.5 Å². The van der Waals surface area contributed by atoms with Crippen LogP contribution in [0.25, 0.3) is 0 Å². The number of rotatable bonds is 5. The van der Waals surface area contributed by atoms with Gasteiger partial charge in [-0.1, -0.05) is 61.5 Å². The van der Waals surface area contributed by atoms with E-state index in [9.17, 15) is 9.59 Å². The van der Waals surface area contributed by atoms with Crippen LogP contribution in [-0.4, -0.2) is 18.9 Å². The Morgan fingerprint density at radius 2 is 1.71 bits per heavy atom. The van der Waals surface area contributed by atoms with E-state index in [1.807, 2.05) is 85.8 Å². The minimum absolute atomic E-state index is 0.173. The summed E-state index contributed by atoms with van der Waals surface area (Å²) in [7, 11) is 1.33.